The molecule has 0 spiro atoms. The summed E-state index contributed by atoms with van der Waals surface area (Å²) >= 11 is 8.48. The molecule has 2 aromatic rings. The normalized spacial score (nSPS) is 18.3. The Balaban J connectivity index is 1.36. The number of urea groups is 2. The molecule has 160 valence electrons. The van der Waals surface area contributed by atoms with E-state index in [2.05, 4.69) is 46.5 Å². The van der Waals surface area contributed by atoms with Crippen LogP contribution in [-0.2, 0) is 0 Å². The Labute approximate surface area is 188 Å². The van der Waals surface area contributed by atoms with Crippen molar-refractivity contribution in [3.63, 3.8) is 0 Å². The average Bonchev–Trinajstić information content (AvgIpc) is 2.74. The number of hydrogen-bond acceptors (Lipinski definition) is 4. The third-order valence-corrected chi connectivity index (χ3v) is 5.84. The minimum atomic E-state index is -0.200. The highest BCUT2D eigenvalue weighted by molar-refractivity contribution is 7.80. The van der Waals surface area contributed by atoms with Crippen LogP contribution in [0, 0.1) is 11.8 Å². The molecular weight excluding hydrogens is 416 g/mol. The van der Waals surface area contributed by atoms with Gasteiger partial charge in [-0.15, -0.1) is 25.3 Å². The van der Waals surface area contributed by atoms with Crippen LogP contribution in [0.1, 0.15) is 25.7 Å². The molecule has 4 N–H and O–H groups in total. The number of nitrogens with one attached hydrogen (secondary N) is 4. The van der Waals surface area contributed by atoms with Crippen LogP contribution in [-0.4, -0.2) is 25.2 Å². The van der Waals surface area contributed by atoms with E-state index in [0.717, 1.165) is 46.8 Å². The van der Waals surface area contributed by atoms with Gasteiger partial charge in [-0.05, 0) is 79.6 Å². The van der Waals surface area contributed by atoms with Crippen LogP contribution in [0.3, 0.4) is 0 Å². The molecule has 0 bridgehead atoms. The van der Waals surface area contributed by atoms with Gasteiger partial charge in [-0.1, -0.05) is 6.42 Å². The third kappa shape index (κ3) is 7.50. The number of thiol groups is 2. The highest BCUT2D eigenvalue weighted by atomic mass is 32.1. The van der Waals surface area contributed by atoms with Gasteiger partial charge in [0.1, 0.15) is 0 Å². The summed E-state index contributed by atoms with van der Waals surface area (Å²) in [4.78, 5) is 25.9. The Morgan fingerprint density at radius 1 is 0.733 bits per heavy atom. The SMILES string of the molecule is O=C(NC[C@@H]1CCC[C@@H](CNC(=O)Nc2ccc(S)cc2)C1)Nc1ccc(S)cc1. The molecule has 6 nitrogen and oxygen atoms in total. The maximum Gasteiger partial charge on any atom is 0.319 e. The number of carbonyl (C=O) groups excluding carboxylic acids is 2. The molecule has 0 saturated heterocycles. The zero-order valence-electron chi connectivity index (χ0n) is 16.7. The van der Waals surface area contributed by atoms with Crippen molar-refractivity contribution in [1.82, 2.24) is 10.6 Å². The fourth-order valence-corrected chi connectivity index (χ4v) is 3.99. The molecule has 0 unspecified atom stereocenters. The summed E-state index contributed by atoms with van der Waals surface area (Å²) < 4.78 is 0. The Kier molecular flexibility index (Phi) is 8.33. The Morgan fingerprint density at radius 3 is 1.53 bits per heavy atom. The Bertz CT molecular complexity index is 774. The van der Waals surface area contributed by atoms with Gasteiger partial charge in [-0.3, -0.25) is 0 Å². The molecule has 0 aliphatic heterocycles. The number of benzene rings is 2. The molecule has 30 heavy (non-hydrogen) atoms. The number of hydrogen-bond donors (Lipinski definition) is 6. The fourth-order valence-electron chi connectivity index (χ4n) is 3.69. The summed E-state index contributed by atoms with van der Waals surface area (Å²) in [7, 11) is 0. The lowest BCUT2D eigenvalue weighted by atomic mass is 9.81. The zero-order chi connectivity index (χ0) is 21.3. The van der Waals surface area contributed by atoms with Crippen molar-refractivity contribution in [2.75, 3.05) is 23.7 Å². The first-order valence-corrected chi connectivity index (χ1v) is 11.0. The monoisotopic (exact) mass is 444 g/mol. The highest BCUT2D eigenvalue weighted by Gasteiger charge is 2.22. The first-order valence-electron chi connectivity index (χ1n) is 10.2. The van der Waals surface area contributed by atoms with Gasteiger partial charge in [-0.25, -0.2) is 9.59 Å². The second-order valence-corrected chi connectivity index (χ2v) is 8.70. The molecule has 1 aliphatic carbocycles. The van der Waals surface area contributed by atoms with E-state index in [4.69, 9.17) is 0 Å². The van der Waals surface area contributed by atoms with Crippen molar-refractivity contribution < 1.29 is 9.59 Å². The lowest BCUT2D eigenvalue weighted by Crippen LogP contribution is -2.38. The minimum Gasteiger partial charge on any atom is -0.338 e. The highest BCUT2D eigenvalue weighted by Crippen LogP contribution is 2.28. The second kappa shape index (κ2) is 11.2. The molecule has 2 aromatic carbocycles. The molecule has 8 heteroatoms. The van der Waals surface area contributed by atoms with Gasteiger partial charge in [0.25, 0.3) is 0 Å². The predicted octanol–water partition coefficient (Wildman–Crippen LogP) is 5.01. The largest absolute Gasteiger partial charge is 0.338 e. The summed E-state index contributed by atoms with van der Waals surface area (Å²) in [5.74, 6) is 0.837. The van der Waals surface area contributed by atoms with E-state index in [-0.39, 0.29) is 12.1 Å². The van der Waals surface area contributed by atoms with Crippen LogP contribution in [0.5, 0.6) is 0 Å². The van der Waals surface area contributed by atoms with Gasteiger partial charge in [0, 0.05) is 34.3 Å². The minimum absolute atomic E-state index is 0.200. The van der Waals surface area contributed by atoms with E-state index in [1.54, 1.807) is 0 Å². The van der Waals surface area contributed by atoms with Gasteiger partial charge < -0.3 is 21.3 Å². The van der Waals surface area contributed by atoms with E-state index in [9.17, 15) is 9.59 Å². The third-order valence-electron chi connectivity index (χ3n) is 5.24. The van der Waals surface area contributed by atoms with E-state index in [0.29, 0.717) is 24.9 Å². The van der Waals surface area contributed by atoms with E-state index >= 15 is 0 Å². The molecule has 2 atom stereocenters. The molecule has 3 rings (SSSR count). The average molecular weight is 445 g/mol. The van der Waals surface area contributed by atoms with Crippen LogP contribution in [0.4, 0.5) is 21.0 Å². The van der Waals surface area contributed by atoms with E-state index in [1.165, 1.54) is 0 Å². The van der Waals surface area contributed by atoms with Crippen LogP contribution in [0.2, 0.25) is 0 Å². The maximum absolute atomic E-state index is 12.1. The van der Waals surface area contributed by atoms with Gasteiger partial charge in [0.2, 0.25) is 0 Å². The van der Waals surface area contributed by atoms with Gasteiger partial charge in [0.05, 0.1) is 0 Å². The molecule has 1 aliphatic rings. The fraction of sp³-hybridized carbons (Fsp3) is 0.364. The molecular formula is C22H28N4O2S2. The smallest absolute Gasteiger partial charge is 0.319 e. The lowest BCUT2D eigenvalue weighted by Gasteiger charge is -2.29. The van der Waals surface area contributed by atoms with Gasteiger partial charge in [-0.2, -0.15) is 0 Å². The first kappa shape index (κ1) is 22.4. The Morgan fingerprint density at radius 2 is 1.13 bits per heavy atom. The van der Waals surface area contributed by atoms with Crippen LogP contribution in [0.15, 0.2) is 58.3 Å². The quantitative estimate of drug-likeness (QED) is 0.354. The molecule has 0 heterocycles. The molecule has 0 radical (unpaired) electrons. The van der Waals surface area contributed by atoms with Gasteiger partial charge >= 0.3 is 12.1 Å². The van der Waals surface area contributed by atoms with Crippen molar-refractivity contribution in [3.8, 4) is 0 Å². The van der Waals surface area contributed by atoms with Crippen molar-refractivity contribution >= 4 is 48.7 Å². The lowest BCUT2D eigenvalue weighted by molar-refractivity contribution is 0.230. The number of carbonyl (C=O) groups is 2. The summed E-state index contributed by atoms with van der Waals surface area (Å²) in [5, 5.41) is 11.6. The van der Waals surface area contributed by atoms with Crippen LogP contribution < -0.4 is 21.3 Å². The number of amides is 4. The topological polar surface area (TPSA) is 82.3 Å². The molecule has 1 saturated carbocycles. The Hall–Kier alpha value is -2.32. The summed E-state index contributed by atoms with van der Waals surface area (Å²) in [6.07, 6.45) is 4.28. The van der Waals surface area contributed by atoms with Crippen LogP contribution in [0.25, 0.3) is 0 Å². The molecule has 4 amide bonds. The predicted molar refractivity (Wildman–Crippen MR) is 127 cm³/mol. The summed E-state index contributed by atoms with van der Waals surface area (Å²) in [6.45, 7) is 1.27. The molecule has 0 aromatic heterocycles. The van der Waals surface area contributed by atoms with Crippen molar-refractivity contribution in [3.05, 3.63) is 48.5 Å². The first-order chi connectivity index (χ1) is 14.5. The summed E-state index contributed by atoms with van der Waals surface area (Å²) in [6, 6.07) is 14.2. The molecule has 1 fully saturated rings. The number of anilines is 2. The van der Waals surface area contributed by atoms with Crippen molar-refractivity contribution in [2.45, 2.75) is 35.5 Å². The summed E-state index contributed by atoms with van der Waals surface area (Å²) in [5.41, 5.74) is 1.48. The van der Waals surface area contributed by atoms with E-state index in [1.807, 2.05) is 48.5 Å². The van der Waals surface area contributed by atoms with Gasteiger partial charge in [0.15, 0.2) is 0 Å². The maximum atomic E-state index is 12.1. The standard InChI is InChI=1S/C22H28N4O2S2/c27-21(25-17-4-8-19(29)9-5-17)23-13-15-2-1-3-16(12-15)14-24-22(28)26-18-6-10-20(30)11-7-18/h4-11,15-16,29-30H,1-3,12-14H2,(H2,23,25,27)(H2,24,26,28)/t15-,16-/m1/s1. The zero-order valence-corrected chi connectivity index (χ0v) is 18.5. The van der Waals surface area contributed by atoms with Crippen molar-refractivity contribution in [2.24, 2.45) is 11.8 Å². The second-order valence-electron chi connectivity index (χ2n) is 7.66. The van der Waals surface area contributed by atoms with Crippen LogP contribution >= 0.6 is 25.3 Å². The van der Waals surface area contributed by atoms with Crippen molar-refractivity contribution in [1.29, 1.82) is 0 Å². The van der Waals surface area contributed by atoms with E-state index < -0.39 is 0 Å². The number of rotatable bonds is 6.